The molecule has 0 saturated carbocycles. The lowest BCUT2D eigenvalue weighted by Gasteiger charge is -2.34. The first-order valence-corrected chi connectivity index (χ1v) is 22.8. The predicted molar refractivity (Wildman–Crippen MR) is 278 cm³/mol. The minimum absolute atomic E-state index is 0.485. The predicted octanol–water partition coefficient (Wildman–Crippen LogP) is 16.8. The van der Waals surface area contributed by atoms with Gasteiger partial charge in [0.2, 0.25) is 0 Å². The number of hydrogen-bond donors (Lipinski definition) is 0. The second-order valence-electron chi connectivity index (χ2n) is 17.2. The monoisotopic (exact) mass is 839 g/mol. The summed E-state index contributed by atoms with van der Waals surface area (Å²) in [5, 5.41) is 4.89. The summed E-state index contributed by atoms with van der Waals surface area (Å²) in [5.41, 5.74) is 17.6. The van der Waals surface area contributed by atoms with Crippen molar-refractivity contribution in [1.82, 2.24) is 0 Å². The third-order valence-electron chi connectivity index (χ3n) is 13.5. The fourth-order valence-electron chi connectivity index (χ4n) is 10.7. The summed E-state index contributed by atoms with van der Waals surface area (Å²) < 4.78 is 0. The number of fused-ring (bicyclic) bond motifs is 6. The molecule has 0 unspecified atom stereocenters. The van der Waals surface area contributed by atoms with Crippen LogP contribution in [0.2, 0.25) is 0 Å². The highest BCUT2D eigenvalue weighted by molar-refractivity contribution is 6.12. The van der Waals surface area contributed by atoms with Crippen molar-refractivity contribution in [3.63, 3.8) is 0 Å². The van der Waals surface area contributed by atoms with E-state index in [1.165, 1.54) is 77.2 Å². The number of hydrogen-bond acceptors (Lipinski definition) is 1. The Morgan fingerprint density at radius 1 is 0.273 bits per heavy atom. The largest absolute Gasteiger partial charge is 0.310 e. The van der Waals surface area contributed by atoms with Crippen LogP contribution in [0, 0.1) is 0 Å². The first-order chi connectivity index (χ1) is 32.8. The molecule has 12 rings (SSSR count). The summed E-state index contributed by atoms with van der Waals surface area (Å²) in [4.78, 5) is 2.41. The van der Waals surface area contributed by atoms with Crippen LogP contribution in [0.4, 0.5) is 17.1 Å². The van der Waals surface area contributed by atoms with Crippen LogP contribution in [0.1, 0.15) is 44.5 Å². The van der Waals surface area contributed by atoms with E-state index >= 15 is 0 Å². The Labute approximate surface area is 386 Å². The zero-order valence-corrected chi connectivity index (χ0v) is 36.4. The average Bonchev–Trinajstić information content (AvgIpc) is 3.69. The molecule has 0 heterocycles. The summed E-state index contributed by atoms with van der Waals surface area (Å²) in [6, 6.07) is 100. The molecule has 1 nitrogen and oxygen atoms in total. The molecule has 0 saturated heterocycles. The standard InChI is InChI=1S/C65H45N/c1-7-22-47(23-8-1)63(48-24-9-2-10-25-48)64(49-26-11-3-12-27-49)51-28-21-35-55(42-51)66(54-33-17-6-18-34-54)56-41-40-46-38-39-50-43-60-57-36-19-20-37-61(57)65(52-29-13-4-14-30-52,53-31-15-5-16-32-53)62(60)45-59(50)58(46)44-56/h1-45H. The Morgan fingerprint density at radius 2 is 0.712 bits per heavy atom. The number of anilines is 3. The second kappa shape index (κ2) is 16.6. The van der Waals surface area contributed by atoms with Gasteiger partial charge in [0.15, 0.2) is 0 Å². The molecule has 0 fully saturated rings. The molecule has 0 amide bonds. The third kappa shape index (κ3) is 6.56. The molecule has 0 bridgehead atoms. The van der Waals surface area contributed by atoms with Crippen LogP contribution in [0.15, 0.2) is 273 Å². The zero-order chi connectivity index (χ0) is 43.9. The van der Waals surface area contributed by atoms with E-state index in [-0.39, 0.29) is 0 Å². The van der Waals surface area contributed by atoms with Gasteiger partial charge in [0, 0.05) is 17.1 Å². The SMILES string of the molecule is c1ccc(C(=C(c2ccccc2)c2cccc(N(c3ccccc3)c3ccc4ccc5cc6c(cc5c4c3)C(c3ccccc3)(c3ccccc3)c3ccccc3-6)c2)c2ccccc2)cc1. The quantitative estimate of drug-likeness (QED) is 0.103. The molecule has 11 aromatic carbocycles. The van der Waals surface area contributed by atoms with Gasteiger partial charge in [-0.05, 0) is 137 Å². The smallest absolute Gasteiger partial charge is 0.0713 e. The number of nitrogens with zero attached hydrogens (tertiary/aromatic N) is 1. The molecule has 11 aromatic rings. The minimum Gasteiger partial charge on any atom is -0.310 e. The van der Waals surface area contributed by atoms with E-state index in [2.05, 4.69) is 278 Å². The van der Waals surface area contributed by atoms with Crippen LogP contribution in [-0.2, 0) is 5.41 Å². The molecule has 0 aromatic heterocycles. The summed E-state index contributed by atoms with van der Waals surface area (Å²) in [6.45, 7) is 0. The third-order valence-corrected chi connectivity index (χ3v) is 13.5. The maximum atomic E-state index is 2.51. The maximum Gasteiger partial charge on any atom is 0.0713 e. The van der Waals surface area contributed by atoms with Gasteiger partial charge in [-0.2, -0.15) is 0 Å². The number of benzene rings is 11. The Bertz CT molecular complexity index is 3460. The van der Waals surface area contributed by atoms with Crippen LogP contribution in [0.3, 0.4) is 0 Å². The number of rotatable bonds is 9. The Balaban J connectivity index is 1.09. The first-order valence-electron chi connectivity index (χ1n) is 22.8. The van der Waals surface area contributed by atoms with Gasteiger partial charge in [-0.15, -0.1) is 0 Å². The van der Waals surface area contributed by atoms with E-state index in [1.807, 2.05) is 0 Å². The summed E-state index contributed by atoms with van der Waals surface area (Å²) in [5.74, 6) is 0. The topological polar surface area (TPSA) is 3.24 Å². The van der Waals surface area contributed by atoms with Crippen LogP contribution in [-0.4, -0.2) is 0 Å². The molecule has 0 radical (unpaired) electrons. The lowest BCUT2D eigenvalue weighted by Crippen LogP contribution is -2.28. The molecule has 0 N–H and O–H groups in total. The molecule has 66 heavy (non-hydrogen) atoms. The highest BCUT2D eigenvalue weighted by Gasteiger charge is 2.46. The van der Waals surface area contributed by atoms with Crippen molar-refractivity contribution in [2.75, 3.05) is 4.90 Å². The lowest BCUT2D eigenvalue weighted by atomic mass is 9.67. The van der Waals surface area contributed by atoms with Gasteiger partial charge in [0.1, 0.15) is 0 Å². The van der Waals surface area contributed by atoms with Crippen LogP contribution in [0.5, 0.6) is 0 Å². The summed E-state index contributed by atoms with van der Waals surface area (Å²) in [7, 11) is 0. The van der Waals surface area contributed by atoms with Gasteiger partial charge in [-0.3, -0.25) is 0 Å². The fourth-order valence-corrected chi connectivity index (χ4v) is 10.7. The number of para-hydroxylation sites is 1. The van der Waals surface area contributed by atoms with Crippen molar-refractivity contribution in [1.29, 1.82) is 0 Å². The van der Waals surface area contributed by atoms with Crippen molar-refractivity contribution in [2.45, 2.75) is 5.41 Å². The lowest BCUT2D eigenvalue weighted by molar-refractivity contribution is 0.769. The van der Waals surface area contributed by atoms with Crippen molar-refractivity contribution in [2.24, 2.45) is 0 Å². The maximum absolute atomic E-state index is 2.51. The molecule has 310 valence electrons. The van der Waals surface area contributed by atoms with Crippen molar-refractivity contribution < 1.29 is 0 Å². The van der Waals surface area contributed by atoms with Crippen molar-refractivity contribution in [3.05, 3.63) is 317 Å². The highest BCUT2D eigenvalue weighted by Crippen LogP contribution is 2.57. The van der Waals surface area contributed by atoms with Gasteiger partial charge >= 0.3 is 0 Å². The molecule has 0 atom stereocenters. The Kier molecular flexibility index (Phi) is 9.81. The van der Waals surface area contributed by atoms with Gasteiger partial charge in [0.25, 0.3) is 0 Å². The van der Waals surface area contributed by atoms with Crippen LogP contribution in [0.25, 0.3) is 43.8 Å². The van der Waals surface area contributed by atoms with E-state index in [0.29, 0.717) is 0 Å². The van der Waals surface area contributed by atoms with Crippen LogP contribution >= 0.6 is 0 Å². The highest BCUT2D eigenvalue weighted by atomic mass is 15.1. The molecule has 1 heteroatoms. The first kappa shape index (κ1) is 39.1. The molecule has 0 aliphatic heterocycles. The second-order valence-corrected chi connectivity index (χ2v) is 17.2. The van der Waals surface area contributed by atoms with E-state index in [9.17, 15) is 0 Å². The van der Waals surface area contributed by atoms with Gasteiger partial charge in [0.05, 0.1) is 5.41 Å². The molecular formula is C65H45N. The molecule has 0 spiro atoms. The fraction of sp³-hybridized carbons (Fsp3) is 0.0154. The summed E-state index contributed by atoms with van der Waals surface area (Å²) in [6.07, 6.45) is 0. The molecular weight excluding hydrogens is 795 g/mol. The Morgan fingerprint density at radius 3 is 1.32 bits per heavy atom. The van der Waals surface area contributed by atoms with E-state index in [4.69, 9.17) is 0 Å². The normalized spacial score (nSPS) is 12.4. The molecule has 1 aliphatic rings. The summed E-state index contributed by atoms with van der Waals surface area (Å²) >= 11 is 0. The average molecular weight is 840 g/mol. The minimum atomic E-state index is -0.485. The van der Waals surface area contributed by atoms with Crippen molar-refractivity contribution >= 4 is 49.8 Å². The van der Waals surface area contributed by atoms with Crippen LogP contribution < -0.4 is 4.90 Å². The van der Waals surface area contributed by atoms with Gasteiger partial charge < -0.3 is 4.90 Å². The van der Waals surface area contributed by atoms with E-state index < -0.39 is 5.41 Å². The van der Waals surface area contributed by atoms with Gasteiger partial charge in [-0.25, -0.2) is 0 Å². The Hall–Kier alpha value is -8.52. The van der Waals surface area contributed by atoms with Gasteiger partial charge in [-0.1, -0.05) is 224 Å². The zero-order valence-electron chi connectivity index (χ0n) is 36.4. The van der Waals surface area contributed by atoms with E-state index in [0.717, 1.165) is 28.2 Å². The molecule has 1 aliphatic carbocycles. The van der Waals surface area contributed by atoms with Crippen molar-refractivity contribution in [3.8, 4) is 11.1 Å². The van der Waals surface area contributed by atoms with E-state index in [1.54, 1.807) is 0 Å².